The van der Waals surface area contributed by atoms with E-state index in [1.54, 1.807) is 6.92 Å². The molecule has 32 heavy (non-hydrogen) atoms. The van der Waals surface area contributed by atoms with Crippen molar-refractivity contribution in [3.05, 3.63) is 83.6 Å². The van der Waals surface area contributed by atoms with Crippen molar-refractivity contribution in [3.63, 3.8) is 0 Å². The van der Waals surface area contributed by atoms with Gasteiger partial charge in [-0.25, -0.2) is 0 Å². The summed E-state index contributed by atoms with van der Waals surface area (Å²) >= 11 is 0. The molecule has 2 fully saturated rings. The second-order valence-corrected chi connectivity index (χ2v) is 8.84. The molecule has 3 aromatic rings. The quantitative estimate of drug-likeness (QED) is 0.630. The fourth-order valence-electron chi connectivity index (χ4n) is 4.99. The summed E-state index contributed by atoms with van der Waals surface area (Å²) in [4.78, 5) is 30.1. The lowest BCUT2D eigenvalue weighted by Gasteiger charge is -2.39. The maximum Gasteiger partial charge on any atom is 0.254 e. The number of piperidine rings is 1. The van der Waals surface area contributed by atoms with E-state index in [1.165, 1.54) is 0 Å². The Morgan fingerprint density at radius 1 is 0.906 bits per heavy atom. The molecule has 0 radical (unpaired) electrons. The monoisotopic (exact) mass is 430 g/mol. The first-order valence-corrected chi connectivity index (χ1v) is 11.1. The summed E-state index contributed by atoms with van der Waals surface area (Å²) in [5, 5.41) is 8.23. The van der Waals surface area contributed by atoms with Gasteiger partial charge in [-0.1, -0.05) is 36.4 Å². The van der Waals surface area contributed by atoms with Crippen molar-refractivity contribution in [2.75, 3.05) is 19.6 Å². The number of aromatic nitrogens is 2. The van der Waals surface area contributed by atoms with Crippen molar-refractivity contribution in [1.82, 2.24) is 20.0 Å². The third-order valence-electron chi connectivity index (χ3n) is 6.75. The summed E-state index contributed by atoms with van der Waals surface area (Å²) in [7, 11) is 0. The van der Waals surface area contributed by atoms with Crippen molar-refractivity contribution in [2.45, 2.75) is 32.2 Å². The zero-order valence-electron chi connectivity index (χ0n) is 18.1. The van der Waals surface area contributed by atoms with Crippen LogP contribution in [-0.4, -0.2) is 51.4 Å². The first-order valence-electron chi connectivity index (χ1n) is 11.1. The molecule has 2 amide bonds. The highest BCUT2D eigenvalue weighted by atomic mass is 16.4. The highest BCUT2D eigenvalue weighted by Gasteiger charge is 2.50. The molecule has 2 saturated heterocycles. The van der Waals surface area contributed by atoms with Crippen LogP contribution in [0.15, 0.2) is 65.1 Å². The van der Waals surface area contributed by atoms with Gasteiger partial charge in [-0.3, -0.25) is 9.59 Å². The van der Waals surface area contributed by atoms with Crippen LogP contribution in [-0.2, 0) is 0 Å². The number of benzene rings is 2. The van der Waals surface area contributed by atoms with Gasteiger partial charge in [0.25, 0.3) is 11.8 Å². The molecule has 0 aliphatic carbocycles. The SMILES string of the molecule is Cc1nnc(C2CC3(CCN(C(=O)c4ccccc4)CC3)CN2C(=O)c2ccccc2)o1. The molecule has 1 atom stereocenters. The molecule has 7 heteroatoms. The van der Waals surface area contributed by atoms with Crippen LogP contribution in [0.1, 0.15) is 57.8 Å². The molecule has 164 valence electrons. The molecule has 0 N–H and O–H groups in total. The number of nitrogens with zero attached hydrogens (tertiary/aromatic N) is 4. The Morgan fingerprint density at radius 2 is 1.50 bits per heavy atom. The number of hydrogen-bond donors (Lipinski definition) is 0. The van der Waals surface area contributed by atoms with Gasteiger partial charge in [-0.2, -0.15) is 0 Å². The molecule has 0 bridgehead atoms. The lowest BCUT2D eigenvalue weighted by atomic mass is 9.76. The highest BCUT2D eigenvalue weighted by molar-refractivity contribution is 5.95. The number of aryl methyl sites for hydroxylation is 1. The number of hydrogen-bond acceptors (Lipinski definition) is 5. The Bertz CT molecular complexity index is 1100. The molecule has 2 aromatic carbocycles. The summed E-state index contributed by atoms with van der Waals surface area (Å²) in [6, 6.07) is 18.5. The standard InChI is InChI=1S/C25H26N4O3/c1-18-26-27-22(32-18)21-16-25(17-29(21)24(31)20-10-6-3-7-11-20)12-14-28(15-13-25)23(30)19-8-4-2-5-9-19/h2-11,21H,12-17H2,1H3. The van der Waals surface area contributed by atoms with Crippen molar-refractivity contribution in [3.8, 4) is 0 Å². The second kappa shape index (κ2) is 8.22. The molecular weight excluding hydrogens is 404 g/mol. The van der Waals surface area contributed by atoms with Crippen LogP contribution >= 0.6 is 0 Å². The van der Waals surface area contributed by atoms with Gasteiger partial charge in [-0.05, 0) is 48.9 Å². The van der Waals surface area contributed by atoms with Crippen LogP contribution in [0, 0.1) is 12.3 Å². The van der Waals surface area contributed by atoms with Gasteiger partial charge in [0.2, 0.25) is 11.8 Å². The Morgan fingerprint density at radius 3 is 2.06 bits per heavy atom. The molecule has 2 aliphatic rings. The van der Waals surface area contributed by atoms with E-state index in [4.69, 9.17) is 4.42 Å². The Hall–Kier alpha value is -3.48. The van der Waals surface area contributed by atoms with E-state index in [1.807, 2.05) is 70.5 Å². The fraction of sp³-hybridized carbons (Fsp3) is 0.360. The van der Waals surface area contributed by atoms with Gasteiger partial charge < -0.3 is 14.2 Å². The van der Waals surface area contributed by atoms with E-state index in [-0.39, 0.29) is 23.3 Å². The van der Waals surface area contributed by atoms with E-state index < -0.39 is 0 Å². The summed E-state index contributed by atoms with van der Waals surface area (Å²) < 4.78 is 5.75. The first-order chi connectivity index (χ1) is 15.5. The van der Waals surface area contributed by atoms with Crippen LogP contribution in [0.25, 0.3) is 0 Å². The third-order valence-corrected chi connectivity index (χ3v) is 6.75. The van der Waals surface area contributed by atoms with Crippen molar-refractivity contribution in [1.29, 1.82) is 0 Å². The van der Waals surface area contributed by atoms with Crippen molar-refractivity contribution >= 4 is 11.8 Å². The number of carbonyl (C=O) groups is 2. The van der Waals surface area contributed by atoms with Gasteiger partial charge >= 0.3 is 0 Å². The zero-order valence-corrected chi connectivity index (χ0v) is 18.1. The minimum absolute atomic E-state index is 0.0221. The zero-order chi connectivity index (χ0) is 22.1. The van der Waals surface area contributed by atoms with Crippen LogP contribution in [0.4, 0.5) is 0 Å². The average Bonchev–Trinajstić information content (AvgIpc) is 3.43. The van der Waals surface area contributed by atoms with E-state index in [2.05, 4.69) is 10.2 Å². The van der Waals surface area contributed by atoms with Gasteiger partial charge in [-0.15, -0.1) is 10.2 Å². The van der Waals surface area contributed by atoms with Gasteiger partial charge in [0.1, 0.15) is 6.04 Å². The number of rotatable bonds is 3. The normalized spacial score (nSPS) is 20.0. The van der Waals surface area contributed by atoms with Gasteiger partial charge in [0, 0.05) is 37.7 Å². The van der Waals surface area contributed by atoms with Crippen LogP contribution in [0.5, 0.6) is 0 Å². The number of amides is 2. The molecule has 1 unspecified atom stereocenters. The molecule has 2 aliphatic heterocycles. The molecular formula is C25H26N4O3. The molecule has 1 spiro atoms. The summed E-state index contributed by atoms with van der Waals surface area (Å²) in [6.45, 7) is 3.74. The lowest BCUT2D eigenvalue weighted by Crippen LogP contribution is -2.44. The average molecular weight is 431 g/mol. The van der Waals surface area contributed by atoms with Crippen LogP contribution < -0.4 is 0 Å². The first kappa shape index (κ1) is 20.4. The van der Waals surface area contributed by atoms with E-state index >= 15 is 0 Å². The predicted molar refractivity (Wildman–Crippen MR) is 118 cm³/mol. The second-order valence-electron chi connectivity index (χ2n) is 8.84. The highest BCUT2D eigenvalue weighted by Crippen LogP contribution is 2.49. The van der Waals surface area contributed by atoms with E-state index in [0.29, 0.717) is 37.0 Å². The van der Waals surface area contributed by atoms with Gasteiger partial charge in [0.05, 0.1) is 0 Å². The van der Waals surface area contributed by atoms with Crippen LogP contribution in [0.2, 0.25) is 0 Å². The molecule has 7 nitrogen and oxygen atoms in total. The Balaban J connectivity index is 1.36. The van der Waals surface area contributed by atoms with Gasteiger partial charge in [0.15, 0.2) is 0 Å². The third kappa shape index (κ3) is 3.79. The summed E-state index contributed by atoms with van der Waals surface area (Å²) in [5.41, 5.74) is 1.31. The van der Waals surface area contributed by atoms with Crippen LogP contribution in [0.3, 0.4) is 0 Å². The van der Waals surface area contributed by atoms with Crippen molar-refractivity contribution < 1.29 is 14.0 Å². The minimum Gasteiger partial charge on any atom is -0.423 e. The maximum atomic E-state index is 13.4. The largest absolute Gasteiger partial charge is 0.423 e. The van der Waals surface area contributed by atoms with E-state index in [0.717, 1.165) is 24.8 Å². The topological polar surface area (TPSA) is 79.5 Å². The summed E-state index contributed by atoms with van der Waals surface area (Å²) in [6.07, 6.45) is 2.45. The number of likely N-dealkylation sites (tertiary alicyclic amines) is 2. The van der Waals surface area contributed by atoms with Crippen molar-refractivity contribution in [2.24, 2.45) is 5.41 Å². The minimum atomic E-state index is -0.250. The lowest BCUT2D eigenvalue weighted by molar-refractivity contribution is 0.0562. The molecule has 0 saturated carbocycles. The maximum absolute atomic E-state index is 13.4. The smallest absolute Gasteiger partial charge is 0.254 e. The molecule has 5 rings (SSSR count). The Labute approximate surface area is 187 Å². The summed E-state index contributed by atoms with van der Waals surface area (Å²) in [5.74, 6) is 1.04. The molecule has 1 aromatic heterocycles. The fourth-order valence-corrected chi connectivity index (χ4v) is 4.99. The predicted octanol–water partition coefficient (Wildman–Crippen LogP) is 3.89. The Kier molecular flexibility index (Phi) is 5.25. The molecule has 3 heterocycles. The van der Waals surface area contributed by atoms with E-state index in [9.17, 15) is 9.59 Å². The number of carbonyl (C=O) groups excluding carboxylic acids is 2.